The minimum absolute atomic E-state index is 0.123. The summed E-state index contributed by atoms with van der Waals surface area (Å²) in [4.78, 5) is 24.8. The van der Waals surface area contributed by atoms with Gasteiger partial charge in [-0.1, -0.05) is 15.9 Å². The molecule has 6 nitrogen and oxygen atoms in total. The van der Waals surface area contributed by atoms with Crippen molar-refractivity contribution >= 4 is 49.5 Å². The van der Waals surface area contributed by atoms with E-state index in [4.69, 9.17) is 9.84 Å². The van der Waals surface area contributed by atoms with Gasteiger partial charge in [-0.2, -0.15) is 0 Å². The van der Waals surface area contributed by atoms with Gasteiger partial charge in [0.1, 0.15) is 5.92 Å². The number of hydrogen-bond donors (Lipinski definition) is 2. The highest BCUT2D eigenvalue weighted by Gasteiger charge is 2.38. The summed E-state index contributed by atoms with van der Waals surface area (Å²) in [5.74, 6) is -1.66. The van der Waals surface area contributed by atoms with Gasteiger partial charge in [-0.25, -0.2) is 4.79 Å². The molecule has 1 aliphatic rings. The van der Waals surface area contributed by atoms with E-state index in [0.717, 1.165) is 8.95 Å². The lowest BCUT2D eigenvalue weighted by Gasteiger charge is -2.26. The molecule has 2 N–H and O–H groups in total. The number of anilines is 1. The molecule has 1 aliphatic heterocycles. The monoisotopic (exact) mass is 420 g/mol. The second-order valence-corrected chi connectivity index (χ2v) is 6.48. The maximum Gasteiger partial charge on any atom is 0.321 e. The maximum absolute atomic E-state index is 12.3. The number of carbonyl (C=O) groups excluding carboxylic acids is 1. The van der Waals surface area contributed by atoms with Gasteiger partial charge < -0.3 is 20.1 Å². The Morgan fingerprint density at radius 3 is 2.76 bits per heavy atom. The van der Waals surface area contributed by atoms with Crippen molar-refractivity contribution in [2.45, 2.75) is 6.04 Å². The largest absolute Gasteiger partial charge is 0.481 e. The maximum atomic E-state index is 12.3. The Morgan fingerprint density at radius 1 is 1.38 bits per heavy atom. The van der Waals surface area contributed by atoms with Gasteiger partial charge in [-0.3, -0.25) is 4.79 Å². The summed E-state index contributed by atoms with van der Waals surface area (Å²) in [6, 6.07) is 4.55. The summed E-state index contributed by atoms with van der Waals surface area (Å²) in [6.45, 7) is 0.346. The highest BCUT2D eigenvalue weighted by molar-refractivity contribution is 9.11. The van der Waals surface area contributed by atoms with Crippen LogP contribution in [0.2, 0.25) is 0 Å². The Hall–Kier alpha value is -1.12. The van der Waals surface area contributed by atoms with Crippen LogP contribution < -0.4 is 5.32 Å². The van der Waals surface area contributed by atoms with E-state index in [1.54, 1.807) is 19.2 Å². The van der Waals surface area contributed by atoms with Crippen LogP contribution >= 0.6 is 31.9 Å². The Morgan fingerprint density at radius 2 is 2.10 bits per heavy atom. The fourth-order valence-corrected chi connectivity index (χ4v) is 2.81. The molecule has 1 heterocycles. The number of carboxylic acids is 1. The molecule has 1 fully saturated rings. The Balaban J connectivity index is 2.09. The Labute approximate surface area is 138 Å². The van der Waals surface area contributed by atoms with Crippen LogP contribution in [0.1, 0.15) is 0 Å². The first-order chi connectivity index (χ1) is 9.90. The highest BCUT2D eigenvalue weighted by atomic mass is 79.9. The van der Waals surface area contributed by atoms with Crippen LogP contribution in [0.5, 0.6) is 0 Å². The summed E-state index contributed by atoms with van der Waals surface area (Å²) in [5, 5.41) is 11.9. The van der Waals surface area contributed by atoms with Gasteiger partial charge in [0.05, 0.1) is 24.9 Å². The van der Waals surface area contributed by atoms with Gasteiger partial charge in [0.25, 0.3) is 0 Å². The third-order valence-electron chi connectivity index (χ3n) is 3.36. The average Bonchev–Trinajstić information content (AvgIpc) is 2.91. The molecule has 1 saturated heterocycles. The number of nitrogens with one attached hydrogen (secondary N) is 1. The second-order valence-electron chi connectivity index (χ2n) is 4.71. The van der Waals surface area contributed by atoms with E-state index in [1.165, 1.54) is 4.90 Å². The number of benzene rings is 1. The highest BCUT2D eigenvalue weighted by Crippen LogP contribution is 2.27. The Kier molecular flexibility index (Phi) is 5.23. The van der Waals surface area contributed by atoms with Crippen LogP contribution in [-0.2, 0) is 9.53 Å². The molecule has 0 aliphatic carbocycles. The molecule has 2 rings (SSSR count). The van der Waals surface area contributed by atoms with E-state index >= 15 is 0 Å². The van der Waals surface area contributed by atoms with Crippen molar-refractivity contribution < 1.29 is 19.4 Å². The number of carboxylic acid groups (broad SMARTS) is 1. The molecule has 0 aromatic heterocycles. The van der Waals surface area contributed by atoms with Gasteiger partial charge in [0, 0.05) is 16.0 Å². The zero-order chi connectivity index (χ0) is 15.6. The van der Waals surface area contributed by atoms with Gasteiger partial charge in [0.2, 0.25) is 0 Å². The zero-order valence-corrected chi connectivity index (χ0v) is 14.3. The number of halogens is 2. The van der Waals surface area contributed by atoms with Crippen LogP contribution in [0, 0.1) is 5.92 Å². The molecule has 8 heteroatoms. The topological polar surface area (TPSA) is 78.9 Å². The number of carbonyl (C=O) groups is 2. The fourth-order valence-electron chi connectivity index (χ4n) is 2.11. The second kappa shape index (κ2) is 6.76. The molecule has 114 valence electrons. The molecule has 0 bridgehead atoms. The number of ether oxygens (including phenoxy) is 1. The predicted molar refractivity (Wildman–Crippen MR) is 84.4 cm³/mol. The number of urea groups is 1. The zero-order valence-electron chi connectivity index (χ0n) is 11.2. The van der Waals surface area contributed by atoms with E-state index in [2.05, 4.69) is 37.2 Å². The molecular formula is C13H14Br2N2O4. The summed E-state index contributed by atoms with van der Waals surface area (Å²) in [6.07, 6.45) is 0. The van der Waals surface area contributed by atoms with Crippen molar-refractivity contribution in [1.82, 2.24) is 4.90 Å². The Bertz CT molecular complexity index is 567. The number of likely N-dealkylation sites (N-methyl/N-ethyl adjacent to an activating group) is 1. The normalized spacial score (nSPS) is 21.1. The summed E-state index contributed by atoms with van der Waals surface area (Å²) in [5.41, 5.74) is 0.604. The van der Waals surface area contributed by atoms with Crippen LogP contribution in [0.25, 0.3) is 0 Å². The van der Waals surface area contributed by atoms with E-state index in [-0.39, 0.29) is 19.2 Å². The molecule has 2 unspecified atom stereocenters. The molecule has 0 saturated carbocycles. The van der Waals surface area contributed by atoms with Crippen molar-refractivity contribution in [3.05, 3.63) is 27.1 Å². The van der Waals surface area contributed by atoms with Gasteiger partial charge in [-0.05, 0) is 34.1 Å². The van der Waals surface area contributed by atoms with Gasteiger partial charge >= 0.3 is 12.0 Å². The van der Waals surface area contributed by atoms with Crippen molar-refractivity contribution in [3.63, 3.8) is 0 Å². The molecule has 0 radical (unpaired) electrons. The number of rotatable bonds is 3. The number of hydrogen-bond acceptors (Lipinski definition) is 3. The molecule has 1 aromatic rings. The molecule has 1 aromatic carbocycles. The lowest BCUT2D eigenvalue weighted by atomic mass is 10.0. The lowest BCUT2D eigenvalue weighted by Crippen LogP contribution is -2.45. The van der Waals surface area contributed by atoms with Crippen molar-refractivity contribution in [2.75, 3.05) is 25.6 Å². The standard InChI is InChI=1S/C13H14Br2N2O4/c1-17(11-6-21-5-8(11)12(18)19)13(20)16-10-4-7(14)2-3-9(10)15/h2-4,8,11H,5-6H2,1H3,(H,16,20)(H,18,19). The third-order valence-corrected chi connectivity index (χ3v) is 4.54. The fraction of sp³-hybridized carbons (Fsp3) is 0.385. The first kappa shape index (κ1) is 16.3. The van der Waals surface area contributed by atoms with E-state index < -0.39 is 17.9 Å². The van der Waals surface area contributed by atoms with Gasteiger partial charge in [-0.15, -0.1) is 0 Å². The first-order valence-electron chi connectivity index (χ1n) is 6.19. The molecule has 0 spiro atoms. The smallest absolute Gasteiger partial charge is 0.321 e. The van der Waals surface area contributed by atoms with Crippen LogP contribution in [0.3, 0.4) is 0 Å². The quantitative estimate of drug-likeness (QED) is 0.786. The third kappa shape index (κ3) is 3.75. The lowest BCUT2D eigenvalue weighted by molar-refractivity contribution is -0.142. The van der Waals surface area contributed by atoms with Crippen LogP contribution in [0.4, 0.5) is 10.5 Å². The van der Waals surface area contributed by atoms with E-state index in [0.29, 0.717) is 5.69 Å². The summed E-state index contributed by atoms with van der Waals surface area (Å²) < 4.78 is 6.75. The SMILES string of the molecule is CN(C(=O)Nc1cc(Br)ccc1Br)C1COCC1C(=O)O. The van der Waals surface area contributed by atoms with Crippen molar-refractivity contribution in [3.8, 4) is 0 Å². The molecular weight excluding hydrogens is 408 g/mol. The molecule has 2 atom stereocenters. The van der Waals surface area contributed by atoms with Crippen LogP contribution in [0.15, 0.2) is 27.1 Å². The summed E-state index contributed by atoms with van der Waals surface area (Å²) in [7, 11) is 1.57. The predicted octanol–water partition coefficient (Wildman–Crippen LogP) is 2.77. The molecule has 2 amide bonds. The number of amides is 2. The molecule has 21 heavy (non-hydrogen) atoms. The van der Waals surface area contributed by atoms with Crippen LogP contribution in [-0.4, -0.2) is 48.3 Å². The minimum Gasteiger partial charge on any atom is -0.481 e. The van der Waals surface area contributed by atoms with Crippen molar-refractivity contribution in [2.24, 2.45) is 5.92 Å². The van der Waals surface area contributed by atoms with Gasteiger partial charge in [0.15, 0.2) is 0 Å². The van der Waals surface area contributed by atoms with E-state index in [1.807, 2.05) is 6.07 Å². The number of aliphatic carboxylic acids is 1. The van der Waals surface area contributed by atoms with Crippen molar-refractivity contribution in [1.29, 1.82) is 0 Å². The number of nitrogens with zero attached hydrogens (tertiary/aromatic N) is 1. The van der Waals surface area contributed by atoms with E-state index in [9.17, 15) is 9.59 Å². The first-order valence-corrected chi connectivity index (χ1v) is 7.78. The summed E-state index contributed by atoms with van der Waals surface area (Å²) >= 11 is 6.69. The average molecular weight is 422 g/mol. The minimum atomic E-state index is -0.958.